The summed E-state index contributed by atoms with van der Waals surface area (Å²) in [6.45, 7) is 0. The van der Waals surface area contributed by atoms with Gasteiger partial charge in [0.25, 0.3) is 0 Å². The van der Waals surface area contributed by atoms with E-state index in [1.54, 1.807) is 30.3 Å². The van der Waals surface area contributed by atoms with Crippen LogP contribution >= 0.6 is 0 Å². The van der Waals surface area contributed by atoms with Crippen LogP contribution in [0.2, 0.25) is 0 Å². The average Bonchev–Trinajstić information content (AvgIpc) is 3.42. The summed E-state index contributed by atoms with van der Waals surface area (Å²) in [5.41, 5.74) is 12.0. The van der Waals surface area contributed by atoms with Crippen molar-refractivity contribution in [1.82, 2.24) is 25.9 Å². The molecule has 10 N–H and O–H groups in total. The Hall–Kier alpha value is -4.79. The zero-order valence-corrected chi connectivity index (χ0v) is 21.5. The summed E-state index contributed by atoms with van der Waals surface area (Å²) >= 11 is 0. The van der Waals surface area contributed by atoms with E-state index in [4.69, 9.17) is 16.6 Å². The van der Waals surface area contributed by atoms with E-state index in [9.17, 15) is 33.9 Å². The molecule has 1 aromatic carbocycles. The summed E-state index contributed by atoms with van der Waals surface area (Å²) in [6.07, 6.45) is 1.65. The summed E-state index contributed by atoms with van der Waals surface area (Å²) in [4.78, 5) is 79.5. The van der Waals surface area contributed by atoms with E-state index >= 15 is 0 Å². The summed E-state index contributed by atoms with van der Waals surface area (Å²) in [7, 11) is 0. The molecule has 0 radical (unpaired) electrons. The lowest BCUT2D eigenvalue weighted by Gasteiger charge is -2.25. The first kappa shape index (κ1) is 31.4. The largest absolute Gasteiger partial charge is 0.481 e. The van der Waals surface area contributed by atoms with E-state index in [1.807, 2.05) is 0 Å². The molecule has 4 amide bonds. The summed E-state index contributed by atoms with van der Waals surface area (Å²) in [5, 5.41) is 25.7. The van der Waals surface area contributed by atoms with E-state index in [-0.39, 0.29) is 38.5 Å². The molecule has 4 atom stereocenters. The number of nitrogens with one attached hydrogen (secondary N) is 4. The van der Waals surface area contributed by atoms with Crippen LogP contribution in [0.4, 0.5) is 0 Å². The molecule has 0 spiro atoms. The van der Waals surface area contributed by atoms with Crippen molar-refractivity contribution in [2.45, 2.75) is 62.7 Å². The van der Waals surface area contributed by atoms with Gasteiger partial charge in [0.05, 0.1) is 12.4 Å². The molecule has 0 aliphatic rings. The number of carboxylic acid groups (broad SMARTS) is 2. The fraction of sp³-hybridized carbons (Fsp3) is 0.400. The fourth-order valence-electron chi connectivity index (χ4n) is 3.66. The van der Waals surface area contributed by atoms with Gasteiger partial charge in [-0.15, -0.1) is 0 Å². The molecule has 15 nitrogen and oxygen atoms in total. The Labute approximate surface area is 229 Å². The Bertz CT molecular complexity index is 1170. The number of amides is 4. The van der Waals surface area contributed by atoms with Crippen molar-refractivity contribution >= 4 is 35.6 Å². The van der Waals surface area contributed by atoms with Gasteiger partial charge in [-0.25, -0.2) is 9.78 Å². The molecule has 2 rings (SSSR count). The number of aromatic amines is 1. The van der Waals surface area contributed by atoms with Crippen LogP contribution in [-0.4, -0.2) is 79.9 Å². The summed E-state index contributed by atoms with van der Waals surface area (Å²) in [6, 6.07) is 3.44. The van der Waals surface area contributed by atoms with E-state index in [2.05, 4.69) is 25.9 Å². The van der Waals surface area contributed by atoms with Crippen LogP contribution in [0.3, 0.4) is 0 Å². The molecule has 0 aliphatic heterocycles. The van der Waals surface area contributed by atoms with E-state index in [0.717, 1.165) is 0 Å². The molecule has 216 valence electrons. The number of imidazole rings is 1. The molecule has 0 saturated heterocycles. The van der Waals surface area contributed by atoms with Gasteiger partial charge >= 0.3 is 11.9 Å². The average molecular weight is 560 g/mol. The van der Waals surface area contributed by atoms with Crippen molar-refractivity contribution in [1.29, 1.82) is 0 Å². The number of nitrogens with two attached hydrogens (primary N) is 2. The molecule has 2 aromatic rings. The van der Waals surface area contributed by atoms with Crippen LogP contribution in [0.1, 0.15) is 36.9 Å². The molecule has 40 heavy (non-hydrogen) atoms. The molecule has 0 fully saturated rings. The quantitative estimate of drug-likeness (QED) is 0.108. The molecule has 0 saturated carbocycles. The third-order valence-electron chi connectivity index (χ3n) is 5.83. The maximum Gasteiger partial charge on any atom is 0.326 e. The van der Waals surface area contributed by atoms with Crippen LogP contribution in [0.5, 0.6) is 0 Å². The Morgan fingerprint density at radius 1 is 0.825 bits per heavy atom. The van der Waals surface area contributed by atoms with Gasteiger partial charge in [-0.1, -0.05) is 30.3 Å². The zero-order valence-electron chi connectivity index (χ0n) is 21.5. The number of primary amides is 1. The highest BCUT2D eigenvalue weighted by Crippen LogP contribution is 2.08. The molecule has 15 heteroatoms. The second kappa shape index (κ2) is 15.6. The normalized spacial score (nSPS) is 13.7. The second-order valence-corrected chi connectivity index (χ2v) is 9.04. The first-order chi connectivity index (χ1) is 19.0. The standard InChI is InChI=1S/C25H33N7O8/c26-16(6-9-21(34)35)22(36)31-19(11-15-12-28-13-29-15)24(38)32-18(10-14-4-2-1-3-5-14)23(37)30-17(25(39)40)7-8-20(27)33/h1-5,12-13,16-19H,6-11,26H2,(H2,27,33)(H,28,29)(H,30,37)(H,31,36)(H,32,38)(H,34,35)(H,39,40). The van der Waals surface area contributed by atoms with Crippen LogP contribution in [-0.2, 0) is 41.6 Å². The maximum absolute atomic E-state index is 13.4. The number of hydrogen-bond acceptors (Lipinski definition) is 8. The van der Waals surface area contributed by atoms with Crippen molar-refractivity contribution in [3.05, 3.63) is 54.1 Å². The van der Waals surface area contributed by atoms with Crippen molar-refractivity contribution in [3.8, 4) is 0 Å². The summed E-state index contributed by atoms with van der Waals surface area (Å²) < 4.78 is 0. The third kappa shape index (κ3) is 10.9. The van der Waals surface area contributed by atoms with E-state index in [0.29, 0.717) is 11.3 Å². The number of benzene rings is 1. The third-order valence-corrected chi connectivity index (χ3v) is 5.83. The first-order valence-corrected chi connectivity index (χ1v) is 12.4. The number of aromatic nitrogens is 2. The number of rotatable bonds is 17. The van der Waals surface area contributed by atoms with Gasteiger partial charge in [0.15, 0.2) is 0 Å². The number of carboxylic acids is 2. The van der Waals surface area contributed by atoms with Crippen molar-refractivity contribution in [3.63, 3.8) is 0 Å². The van der Waals surface area contributed by atoms with Gasteiger partial charge in [-0.3, -0.25) is 24.0 Å². The highest BCUT2D eigenvalue weighted by molar-refractivity contribution is 5.94. The molecule has 0 bridgehead atoms. The number of H-pyrrole nitrogens is 1. The predicted octanol–water partition coefficient (Wildman–Crippen LogP) is -1.81. The minimum Gasteiger partial charge on any atom is -0.481 e. The van der Waals surface area contributed by atoms with Crippen LogP contribution < -0.4 is 27.4 Å². The van der Waals surface area contributed by atoms with E-state index in [1.165, 1.54) is 12.5 Å². The topological polar surface area (TPSA) is 260 Å². The van der Waals surface area contributed by atoms with Crippen molar-refractivity contribution < 1.29 is 39.0 Å². The zero-order chi connectivity index (χ0) is 29.7. The van der Waals surface area contributed by atoms with Crippen LogP contribution in [0.25, 0.3) is 0 Å². The minimum atomic E-state index is -1.44. The lowest BCUT2D eigenvalue weighted by molar-refractivity contribution is -0.142. The Balaban J connectivity index is 2.25. The minimum absolute atomic E-state index is 0.0244. The number of nitrogens with zero attached hydrogens (tertiary/aromatic N) is 1. The van der Waals surface area contributed by atoms with Crippen LogP contribution in [0.15, 0.2) is 42.9 Å². The van der Waals surface area contributed by atoms with E-state index < -0.39 is 59.7 Å². The monoisotopic (exact) mass is 559 g/mol. The number of hydrogen-bond donors (Lipinski definition) is 8. The molecule has 1 heterocycles. The van der Waals surface area contributed by atoms with Crippen molar-refractivity contribution in [2.75, 3.05) is 0 Å². The Morgan fingerprint density at radius 3 is 1.98 bits per heavy atom. The summed E-state index contributed by atoms with van der Waals surface area (Å²) in [5.74, 6) is -5.66. The number of aliphatic carboxylic acids is 2. The SMILES string of the molecule is NC(=O)CCC(NC(=O)C(Cc1ccccc1)NC(=O)C(Cc1cnc[nH]1)NC(=O)C(N)CCC(=O)O)C(=O)O. The maximum atomic E-state index is 13.4. The van der Waals surface area contributed by atoms with Gasteiger partial charge in [0.2, 0.25) is 23.6 Å². The molecule has 0 aliphatic carbocycles. The number of carbonyl (C=O) groups excluding carboxylic acids is 4. The van der Waals surface area contributed by atoms with Gasteiger partial charge in [0, 0.05) is 37.6 Å². The highest BCUT2D eigenvalue weighted by Gasteiger charge is 2.31. The molecular formula is C25H33N7O8. The van der Waals surface area contributed by atoms with Gasteiger partial charge in [-0.2, -0.15) is 0 Å². The Kier molecular flexibility index (Phi) is 12.2. The lowest BCUT2D eigenvalue weighted by atomic mass is 10.0. The highest BCUT2D eigenvalue weighted by atomic mass is 16.4. The molecule has 1 aromatic heterocycles. The molecule has 4 unspecified atom stereocenters. The van der Waals surface area contributed by atoms with Crippen molar-refractivity contribution in [2.24, 2.45) is 11.5 Å². The van der Waals surface area contributed by atoms with Gasteiger partial charge in [0.1, 0.15) is 18.1 Å². The van der Waals surface area contributed by atoms with Crippen LogP contribution in [0, 0.1) is 0 Å². The Morgan fingerprint density at radius 2 is 1.43 bits per heavy atom. The second-order valence-electron chi connectivity index (χ2n) is 9.04. The smallest absolute Gasteiger partial charge is 0.326 e. The lowest BCUT2D eigenvalue weighted by Crippen LogP contribution is -2.58. The first-order valence-electron chi connectivity index (χ1n) is 12.4. The van der Waals surface area contributed by atoms with Gasteiger partial charge < -0.3 is 42.6 Å². The molecular weight excluding hydrogens is 526 g/mol. The predicted molar refractivity (Wildman–Crippen MR) is 139 cm³/mol. The number of carbonyl (C=O) groups is 6. The fourth-order valence-corrected chi connectivity index (χ4v) is 3.66. The van der Waals surface area contributed by atoms with Gasteiger partial charge in [-0.05, 0) is 18.4 Å².